The quantitative estimate of drug-likeness (QED) is 0.155. The molecule has 3 N–H and O–H groups in total. The van der Waals surface area contributed by atoms with E-state index in [0.717, 1.165) is 55.9 Å². The molecule has 0 saturated carbocycles. The Morgan fingerprint density at radius 1 is 0.736 bits per heavy atom. The lowest BCUT2D eigenvalue weighted by molar-refractivity contribution is -0.120. The molecule has 0 radical (unpaired) electrons. The molecular formula is C40H50F2N6O4Si. The van der Waals surface area contributed by atoms with Crippen molar-refractivity contribution in [2.75, 3.05) is 46.6 Å². The van der Waals surface area contributed by atoms with Crippen molar-refractivity contribution in [3.05, 3.63) is 96.8 Å². The number of hydrogen-bond donors (Lipinski definition) is 3. The lowest BCUT2D eigenvalue weighted by Crippen LogP contribution is -2.43. The number of piperidine rings is 2. The Bertz CT molecular complexity index is 1800. The van der Waals surface area contributed by atoms with E-state index < -0.39 is 8.32 Å². The minimum absolute atomic E-state index is 0.0348. The fraction of sp³-hybridized carbons (Fsp3) is 0.400. The number of aromatic nitrogens is 2. The number of nitrogens with zero attached hydrogens (tertiary/aromatic N) is 4. The summed E-state index contributed by atoms with van der Waals surface area (Å²) in [5.74, 6) is 0.826. The Morgan fingerprint density at radius 3 is 1.58 bits per heavy atom. The van der Waals surface area contributed by atoms with Crippen molar-refractivity contribution in [1.82, 2.24) is 9.97 Å². The zero-order valence-electron chi connectivity index (χ0n) is 31.1. The first-order valence-corrected chi connectivity index (χ1v) is 21.0. The largest absolute Gasteiger partial charge is 0.542 e. The summed E-state index contributed by atoms with van der Waals surface area (Å²) in [6.45, 7) is 13.9. The van der Waals surface area contributed by atoms with Crippen LogP contribution in [0.3, 0.4) is 0 Å². The number of amides is 2. The first-order chi connectivity index (χ1) is 25.2. The Morgan fingerprint density at radius 2 is 1.19 bits per heavy atom. The Labute approximate surface area is 311 Å². The van der Waals surface area contributed by atoms with Crippen LogP contribution in [0.15, 0.2) is 85.2 Å². The molecule has 2 atom stereocenters. The van der Waals surface area contributed by atoms with Crippen LogP contribution in [0.5, 0.6) is 11.5 Å². The minimum Gasteiger partial charge on any atom is -0.542 e. The average Bonchev–Trinajstić information content (AvgIpc) is 3.14. The summed E-state index contributed by atoms with van der Waals surface area (Å²) in [6.07, 6.45) is 6.43. The number of carbonyl (C=O) groups excluding carboxylic acids is 2. The third-order valence-corrected chi connectivity index (χ3v) is 14.5. The van der Waals surface area contributed by atoms with E-state index >= 15 is 0 Å². The molecule has 2 aromatic carbocycles. The number of nitrogens with one attached hydrogen (secondary N) is 2. The molecule has 282 valence electrons. The number of rotatable bonds is 8. The predicted molar refractivity (Wildman–Crippen MR) is 208 cm³/mol. The highest BCUT2D eigenvalue weighted by molar-refractivity contribution is 6.74. The first-order valence-electron chi connectivity index (χ1n) is 18.1. The van der Waals surface area contributed by atoms with Crippen LogP contribution in [-0.4, -0.2) is 61.4 Å². The number of hydrogen-bond acceptors (Lipinski definition) is 8. The maximum Gasteiger partial charge on any atom is 0.250 e. The van der Waals surface area contributed by atoms with E-state index in [9.17, 15) is 23.5 Å². The number of anilines is 4. The van der Waals surface area contributed by atoms with Gasteiger partial charge in [-0.15, -0.1) is 0 Å². The van der Waals surface area contributed by atoms with Crippen molar-refractivity contribution in [1.29, 1.82) is 0 Å². The molecule has 2 unspecified atom stereocenters. The second-order valence-corrected chi connectivity index (χ2v) is 19.9. The van der Waals surface area contributed by atoms with Gasteiger partial charge in [-0.2, -0.15) is 0 Å². The second-order valence-electron chi connectivity index (χ2n) is 15.1. The molecule has 2 amide bonds. The van der Waals surface area contributed by atoms with Crippen LogP contribution in [-0.2, 0) is 9.59 Å². The zero-order valence-corrected chi connectivity index (χ0v) is 32.1. The number of halogens is 2. The van der Waals surface area contributed by atoms with Gasteiger partial charge in [-0.3, -0.25) is 9.59 Å². The van der Waals surface area contributed by atoms with Crippen LogP contribution in [0, 0.1) is 23.5 Å². The summed E-state index contributed by atoms with van der Waals surface area (Å²) < 4.78 is 32.4. The van der Waals surface area contributed by atoms with Crippen molar-refractivity contribution in [3.63, 3.8) is 0 Å². The predicted octanol–water partition coefficient (Wildman–Crippen LogP) is 8.24. The molecule has 0 aliphatic carbocycles. The lowest BCUT2D eigenvalue weighted by atomic mass is 9.96. The molecule has 0 spiro atoms. The van der Waals surface area contributed by atoms with Crippen molar-refractivity contribution >= 4 is 43.1 Å². The first kappa shape index (κ1) is 39.2. The molecule has 2 fully saturated rings. The summed E-state index contributed by atoms with van der Waals surface area (Å²) in [7, 11) is -1.92. The third-order valence-electron chi connectivity index (χ3n) is 10.1. The fourth-order valence-corrected chi connectivity index (χ4v) is 7.05. The van der Waals surface area contributed by atoms with Gasteiger partial charge in [0.05, 0.1) is 24.2 Å². The summed E-state index contributed by atoms with van der Waals surface area (Å²) in [5.41, 5.74) is 1.87. The van der Waals surface area contributed by atoms with Gasteiger partial charge < -0.3 is 30.0 Å². The van der Waals surface area contributed by atoms with E-state index in [0.29, 0.717) is 24.7 Å². The van der Waals surface area contributed by atoms with Gasteiger partial charge in [0.2, 0.25) is 11.8 Å². The molecule has 2 saturated heterocycles. The number of aromatic hydroxyl groups is 1. The van der Waals surface area contributed by atoms with E-state index in [-0.39, 0.29) is 46.1 Å². The van der Waals surface area contributed by atoms with Gasteiger partial charge in [0, 0.05) is 37.6 Å². The van der Waals surface area contributed by atoms with Crippen LogP contribution < -0.4 is 24.9 Å². The second kappa shape index (κ2) is 17.2. The van der Waals surface area contributed by atoms with Crippen molar-refractivity contribution < 1.29 is 27.9 Å². The van der Waals surface area contributed by atoms with Crippen molar-refractivity contribution in [3.8, 4) is 11.5 Å². The van der Waals surface area contributed by atoms with Gasteiger partial charge in [-0.1, -0.05) is 20.8 Å². The highest BCUT2D eigenvalue weighted by Gasteiger charge is 2.39. The van der Waals surface area contributed by atoms with E-state index in [1.807, 2.05) is 6.07 Å². The zero-order chi connectivity index (χ0) is 38.2. The van der Waals surface area contributed by atoms with Crippen LogP contribution in [0.1, 0.15) is 46.5 Å². The summed E-state index contributed by atoms with van der Waals surface area (Å²) in [5, 5.41) is 15.0. The summed E-state index contributed by atoms with van der Waals surface area (Å²) in [4.78, 5) is 37.7. The number of carbonyl (C=O) groups is 2. The highest BCUT2D eigenvalue weighted by Crippen LogP contribution is 2.37. The van der Waals surface area contributed by atoms with E-state index in [1.165, 1.54) is 36.5 Å². The van der Waals surface area contributed by atoms with Gasteiger partial charge in [0.25, 0.3) is 8.32 Å². The van der Waals surface area contributed by atoms with Crippen LogP contribution in [0.2, 0.25) is 18.1 Å². The summed E-state index contributed by atoms with van der Waals surface area (Å²) >= 11 is 0. The fourth-order valence-electron chi connectivity index (χ4n) is 6.03. The maximum absolute atomic E-state index is 13.2. The number of benzene rings is 2. The molecule has 2 aliphatic rings. The molecule has 6 rings (SSSR count). The van der Waals surface area contributed by atoms with Gasteiger partial charge in [-0.25, -0.2) is 18.7 Å². The molecule has 2 aromatic heterocycles. The van der Waals surface area contributed by atoms with Gasteiger partial charge in [0.15, 0.2) is 0 Å². The maximum atomic E-state index is 13.2. The van der Waals surface area contributed by atoms with Crippen molar-refractivity contribution in [2.45, 2.75) is 64.6 Å². The minimum atomic E-state index is -1.92. The number of pyridine rings is 2. The summed E-state index contributed by atoms with van der Waals surface area (Å²) in [6, 6.07) is 19.5. The molecule has 4 aromatic rings. The van der Waals surface area contributed by atoms with Crippen LogP contribution in [0.25, 0.3) is 0 Å². The third kappa shape index (κ3) is 11.0. The standard InChI is InChI=1S/C23H32FN3O2Si.C17H18FN3O2/c1-23(2,3)30(4,5)29-20-12-13-21(25-15-20)26-22(28)17-7-6-14-27(16-17)19-10-8-18(24)9-11-19;18-13-3-5-14(6-4-13)21-9-1-2-12(11-21)17(23)20-16-8-7-15(22)10-19-16/h8-13,15,17H,6-7,14,16H2,1-5H3,(H,25,26,28);3-8,10,12,22H,1-2,9,11H2,(H,19,20,23). The lowest BCUT2D eigenvalue weighted by Gasteiger charge is -2.36. The van der Waals surface area contributed by atoms with E-state index in [2.05, 4.69) is 64.3 Å². The molecular weight excluding hydrogens is 695 g/mol. The molecule has 0 bridgehead atoms. The van der Waals surface area contributed by atoms with Crippen LogP contribution in [0.4, 0.5) is 31.8 Å². The smallest absolute Gasteiger partial charge is 0.250 e. The normalized spacial score (nSPS) is 17.6. The van der Waals surface area contributed by atoms with E-state index in [4.69, 9.17) is 4.43 Å². The van der Waals surface area contributed by atoms with Crippen LogP contribution >= 0.6 is 0 Å². The molecule has 53 heavy (non-hydrogen) atoms. The van der Waals surface area contributed by atoms with Gasteiger partial charge in [0.1, 0.15) is 34.8 Å². The average molecular weight is 745 g/mol. The molecule has 4 heterocycles. The van der Waals surface area contributed by atoms with Gasteiger partial charge >= 0.3 is 0 Å². The van der Waals surface area contributed by atoms with Crippen molar-refractivity contribution in [2.24, 2.45) is 11.8 Å². The van der Waals surface area contributed by atoms with E-state index in [1.54, 1.807) is 42.6 Å². The van der Waals surface area contributed by atoms with Gasteiger partial charge in [-0.05, 0) is 117 Å². The Kier molecular flexibility index (Phi) is 12.7. The topological polar surface area (TPSA) is 120 Å². The Hall–Kier alpha value is -5.04. The highest BCUT2D eigenvalue weighted by atomic mass is 28.4. The Balaban J connectivity index is 0.000000211. The molecule has 2 aliphatic heterocycles. The molecule has 13 heteroatoms. The molecule has 10 nitrogen and oxygen atoms in total. The SMILES string of the molecule is CC(C)(C)[Si](C)(C)Oc1ccc(NC(=O)C2CCCN(c3ccc(F)cc3)C2)nc1.O=C(Nc1ccc(O)cn1)C1CCCN(c2ccc(F)cc2)C1. The monoisotopic (exact) mass is 744 g/mol.